The van der Waals surface area contributed by atoms with Gasteiger partial charge in [0.2, 0.25) is 10.0 Å². The number of halogens is 3. The van der Waals surface area contributed by atoms with Crippen molar-refractivity contribution in [3.8, 4) is 0 Å². The molecule has 1 fully saturated rings. The Kier molecular flexibility index (Phi) is 3.82. The predicted octanol–water partition coefficient (Wildman–Crippen LogP) is 0.892. The smallest absolute Gasteiger partial charge is 0.325 e. The summed E-state index contributed by atoms with van der Waals surface area (Å²) in [7, 11) is -4.26. The van der Waals surface area contributed by atoms with Crippen molar-refractivity contribution in [1.82, 2.24) is 14.5 Å². The van der Waals surface area contributed by atoms with E-state index >= 15 is 0 Å². The number of aryl methyl sites for hydroxylation is 1. The first-order chi connectivity index (χ1) is 9.16. The molecule has 1 aliphatic rings. The highest BCUT2D eigenvalue weighted by Gasteiger charge is 2.46. The van der Waals surface area contributed by atoms with Crippen LogP contribution in [0.15, 0.2) is 4.90 Å². The number of hydrogen-bond acceptors (Lipinski definition) is 4. The first kappa shape index (κ1) is 15.3. The lowest BCUT2D eigenvalue weighted by molar-refractivity contribution is -0.137. The van der Waals surface area contributed by atoms with E-state index in [1.165, 1.54) is 6.92 Å². The lowest BCUT2D eigenvalue weighted by atomic mass is 10.4. The SMILES string of the molecule is Cc1[nH]nc(CN)c1S(=O)(=O)N(CC(F)(F)F)C1CC1. The topological polar surface area (TPSA) is 92.1 Å². The van der Waals surface area contributed by atoms with E-state index in [9.17, 15) is 21.6 Å². The van der Waals surface area contributed by atoms with E-state index in [0.29, 0.717) is 17.1 Å². The molecule has 1 aliphatic carbocycles. The Bertz CT molecular complexity index is 592. The summed E-state index contributed by atoms with van der Waals surface area (Å²) in [5.41, 5.74) is 5.64. The van der Waals surface area contributed by atoms with Crippen LogP contribution in [0.1, 0.15) is 24.2 Å². The largest absolute Gasteiger partial charge is 0.402 e. The minimum atomic E-state index is -4.59. The number of nitrogens with two attached hydrogens (primary N) is 1. The number of nitrogens with zero attached hydrogens (tertiary/aromatic N) is 2. The molecule has 1 heterocycles. The molecule has 1 aromatic heterocycles. The van der Waals surface area contributed by atoms with Crippen LogP contribution < -0.4 is 5.73 Å². The molecule has 3 N–H and O–H groups in total. The van der Waals surface area contributed by atoms with Gasteiger partial charge in [-0.15, -0.1) is 0 Å². The van der Waals surface area contributed by atoms with Crippen molar-refractivity contribution in [1.29, 1.82) is 0 Å². The van der Waals surface area contributed by atoms with Crippen molar-refractivity contribution in [3.05, 3.63) is 11.4 Å². The third-order valence-electron chi connectivity index (χ3n) is 3.01. The monoisotopic (exact) mass is 312 g/mol. The zero-order chi connectivity index (χ0) is 15.1. The molecule has 0 aliphatic heterocycles. The van der Waals surface area contributed by atoms with Crippen LogP contribution in [0.5, 0.6) is 0 Å². The Hall–Kier alpha value is -1.13. The summed E-state index contributed by atoms with van der Waals surface area (Å²) >= 11 is 0. The molecule has 1 saturated carbocycles. The minimum absolute atomic E-state index is 0.0512. The van der Waals surface area contributed by atoms with Crippen LogP contribution in [0.4, 0.5) is 13.2 Å². The Morgan fingerprint density at radius 2 is 2.05 bits per heavy atom. The number of aromatic nitrogens is 2. The van der Waals surface area contributed by atoms with E-state index < -0.39 is 28.8 Å². The standard InChI is InChI=1S/C10H15F3N4O2S/c1-6-9(8(4-14)16-15-6)20(18,19)17(7-2-3-7)5-10(11,12)13/h7H,2-5,14H2,1H3,(H,15,16). The molecule has 0 aromatic carbocycles. The summed E-state index contributed by atoms with van der Waals surface area (Å²) in [5, 5.41) is 6.18. The van der Waals surface area contributed by atoms with Crippen molar-refractivity contribution >= 4 is 10.0 Å². The van der Waals surface area contributed by atoms with Crippen molar-refractivity contribution in [2.24, 2.45) is 5.73 Å². The molecule has 0 atom stereocenters. The van der Waals surface area contributed by atoms with Gasteiger partial charge >= 0.3 is 6.18 Å². The zero-order valence-corrected chi connectivity index (χ0v) is 11.6. The maximum absolute atomic E-state index is 12.6. The second-order valence-corrected chi connectivity index (χ2v) is 6.55. The molecule has 6 nitrogen and oxygen atoms in total. The van der Waals surface area contributed by atoms with Gasteiger partial charge in [-0.05, 0) is 19.8 Å². The molecule has 0 radical (unpaired) electrons. The van der Waals surface area contributed by atoms with Crippen LogP contribution in [0.25, 0.3) is 0 Å². The molecular weight excluding hydrogens is 297 g/mol. The fraction of sp³-hybridized carbons (Fsp3) is 0.700. The fourth-order valence-electron chi connectivity index (χ4n) is 2.02. The quantitative estimate of drug-likeness (QED) is 0.844. The van der Waals surface area contributed by atoms with Crippen LogP contribution in [0, 0.1) is 6.92 Å². The first-order valence-corrected chi connectivity index (χ1v) is 7.43. The van der Waals surface area contributed by atoms with Gasteiger partial charge in [0.05, 0.1) is 11.4 Å². The number of hydrogen-bond donors (Lipinski definition) is 2. The van der Waals surface area contributed by atoms with Crippen molar-refractivity contribution < 1.29 is 21.6 Å². The number of aromatic amines is 1. The van der Waals surface area contributed by atoms with Crippen molar-refractivity contribution in [2.75, 3.05) is 6.54 Å². The van der Waals surface area contributed by atoms with E-state index in [4.69, 9.17) is 5.73 Å². The van der Waals surface area contributed by atoms with Gasteiger partial charge in [-0.3, -0.25) is 5.10 Å². The second-order valence-electron chi connectivity index (χ2n) is 4.73. The van der Waals surface area contributed by atoms with E-state index in [2.05, 4.69) is 10.2 Å². The van der Waals surface area contributed by atoms with Gasteiger partial charge in [0.15, 0.2) is 0 Å². The molecule has 0 saturated heterocycles. The summed E-state index contributed by atoms with van der Waals surface area (Å²) in [6.45, 7) is -0.213. The van der Waals surface area contributed by atoms with Crippen molar-refractivity contribution in [3.63, 3.8) is 0 Å². The lowest BCUT2D eigenvalue weighted by Crippen LogP contribution is -2.41. The average Bonchev–Trinajstić information content (AvgIpc) is 3.07. The van der Waals surface area contributed by atoms with Crippen LogP contribution in [-0.4, -0.2) is 41.7 Å². The molecule has 20 heavy (non-hydrogen) atoms. The molecule has 0 amide bonds. The van der Waals surface area contributed by atoms with E-state index in [1.54, 1.807) is 0 Å². The fourth-order valence-corrected chi connectivity index (χ4v) is 4.03. The van der Waals surface area contributed by atoms with Crippen LogP contribution in [0.3, 0.4) is 0 Å². The Morgan fingerprint density at radius 3 is 2.50 bits per heavy atom. The number of alkyl halides is 3. The molecule has 2 rings (SSSR count). The van der Waals surface area contributed by atoms with E-state index in [-0.39, 0.29) is 22.8 Å². The lowest BCUT2D eigenvalue weighted by Gasteiger charge is -2.23. The summed E-state index contributed by atoms with van der Waals surface area (Å²) in [6.07, 6.45) is -3.72. The summed E-state index contributed by atoms with van der Waals surface area (Å²) in [5.74, 6) is 0. The Labute approximate surface area is 114 Å². The van der Waals surface area contributed by atoms with E-state index in [0.717, 1.165) is 0 Å². The van der Waals surface area contributed by atoms with Gasteiger partial charge in [-0.2, -0.15) is 22.6 Å². The molecule has 1 aromatic rings. The van der Waals surface area contributed by atoms with Gasteiger partial charge < -0.3 is 5.73 Å². The maximum atomic E-state index is 12.6. The average molecular weight is 312 g/mol. The third kappa shape index (κ3) is 2.96. The third-order valence-corrected chi connectivity index (χ3v) is 5.11. The van der Waals surface area contributed by atoms with Gasteiger partial charge in [0.25, 0.3) is 0 Å². The zero-order valence-electron chi connectivity index (χ0n) is 10.7. The number of nitrogens with one attached hydrogen (secondary N) is 1. The molecule has 114 valence electrons. The highest BCUT2D eigenvalue weighted by atomic mass is 32.2. The molecule has 0 spiro atoms. The van der Waals surface area contributed by atoms with Crippen LogP contribution in [-0.2, 0) is 16.6 Å². The maximum Gasteiger partial charge on any atom is 0.402 e. The molecule has 0 bridgehead atoms. The highest BCUT2D eigenvalue weighted by Crippen LogP contribution is 2.36. The summed E-state index contributed by atoms with van der Waals surface area (Å²) in [6, 6.07) is -0.596. The Balaban J connectivity index is 2.43. The second kappa shape index (κ2) is 5.01. The van der Waals surface area contributed by atoms with Gasteiger partial charge in [-0.1, -0.05) is 0 Å². The number of H-pyrrole nitrogens is 1. The number of sulfonamides is 1. The molecule has 10 heteroatoms. The predicted molar refractivity (Wildman–Crippen MR) is 64.2 cm³/mol. The van der Waals surface area contributed by atoms with Gasteiger partial charge in [0, 0.05) is 12.6 Å². The van der Waals surface area contributed by atoms with E-state index in [1.807, 2.05) is 0 Å². The molecular formula is C10H15F3N4O2S. The van der Waals surface area contributed by atoms with Gasteiger partial charge in [-0.25, -0.2) is 8.42 Å². The van der Waals surface area contributed by atoms with Gasteiger partial charge in [0.1, 0.15) is 11.4 Å². The first-order valence-electron chi connectivity index (χ1n) is 5.99. The summed E-state index contributed by atoms with van der Waals surface area (Å²) in [4.78, 5) is -0.240. The normalized spacial score (nSPS) is 16.9. The Morgan fingerprint density at radius 1 is 1.45 bits per heavy atom. The van der Waals surface area contributed by atoms with Crippen LogP contribution >= 0.6 is 0 Å². The highest BCUT2D eigenvalue weighted by molar-refractivity contribution is 7.89. The molecule has 0 unspecified atom stereocenters. The minimum Gasteiger partial charge on any atom is -0.325 e. The van der Waals surface area contributed by atoms with Crippen molar-refractivity contribution in [2.45, 2.75) is 43.4 Å². The number of rotatable bonds is 5. The summed E-state index contributed by atoms with van der Waals surface area (Å²) < 4.78 is 63.2. The van der Waals surface area contributed by atoms with Crippen LogP contribution in [0.2, 0.25) is 0 Å².